The summed E-state index contributed by atoms with van der Waals surface area (Å²) in [7, 11) is 4.71. The molecular formula is C27H28N2O7. The number of aliphatic carboxylic acids is 1. The Morgan fingerprint density at radius 2 is 1.67 bits per heavy atom. The van der Waals surface area contributed by atoms with Crippen LogP contribution in [-0.2, 0) is 4.79 Å². The molecule has 1 atom stereocenters. The minimum absolute atomic E-state index is 0.279. The van der Waals surface area contributed by atoms with Gasteiger partial charge in [-0.25, -0.2) is 0 Å². The number of carbonyl (C=O) groups excluding carboxylic acids is 1. The van der Waals surface area contributed by atoms with E-state index in [4.69, 9.17) is 25.1 Å². The van der Waals surface area contributed by atoms with Crippen LogP contribution in [0.5, 0.6) is 17.2 Å². The molecule has 1 heterocycles. The molecule has 4 rings (SSSR count). The van der Waals surface area contributed by atoms with Gasteiger partial charge in [-0.1, -0.05) is 30.3 Å². The third-order valence-electron chi connectivity index (χ3n) is 5.47. The Labute approximate surface area is 208 Å². The lowest BCUT2D eigenvalue weighted by molar-refractivity contribution is -0.135. The van der Waals surface area contributed by atoms with Gasteiger partial charge in [0.25, 0.3) is 0 Å². The maximum absolute atomic E-state index is 11.3. The highest BCUT2D eigenvalue weighted by Crippen LogP contribution is 2.37. The molecule has 0 saturated heterocycles. The number of para-hydroxylation sites is 1. The van der Waals surface area contributed by atoms with E-state index in [0.717, 1.165) is 22.4 Å². The van der Waals surface area contributed by atoms with Gasteiger partial charge in [0.05, 0.1) is 27.0 Å². The van der Waals surface area contributed by atoms with Crippen LogP contribution in [0.3, 0.4) is 0 Å². The van der Waals surface area contributed by atoms with Gasteiger partial charge in [-0.2, -0.15) is 0 Å². The van der Waals surface area contributed by atoms with Crippen molar-refractivity contribution >= 4 is 23.6 Å². The van der Waals surface area contributed by atoms with E-state index < -0.39 is 18.1 Å². The zero-order chi connectivity index (χ0) is 26.2. The van der Waals surface area contributed by atoms with E-state index in [2.05, 4.69) is 0 Å². The van der Waals surface area contributed by atoms with Crippen LogP contribution < -0.4 is 24.8 Å². The van der Waals surface area contributed by atoms with Crippen molar-refractivity contribution < 1.29 is 34.0 Å². The number of rotatable bonds is 7. The second-order valence-electron chi connectivity index (χ2n) is 7.70. The Morgan fingerprint density at radius 3 is 2.31 bits per heavy atom. The van der Waals surface area contributed by atoms with E-state index in [-0.39, 0.29) is 6.54 Å². The summed E-state index contributed by atoms with van der Waals surface area (Å²) in [5.74, 6) is 0.498. The smallest absolute Gasteiger partial charge is 0.323 e. The number of carboxylic acids is 1. The molecule has 0 spiro atoms. The molecule has 3 aromatic rings. The number of methoxy groups -OCH3 is 3. The normalized spacial score (nSPS) is 13.7. The first kappa shape index (κ1) is 26.1. The number of carbonyl (C=O) groups is 2. The lowest BCUT2D eigenvalue weighted by Gasteiger charge is -2.32. The summed E-state index contributed by atoms with van der Waals surface area (Å²) in [6.07, 6.45) is 2.35. The Morgan fingerprint density at radius 1 is 0.944 bits per heavy atom. The van der Waals surface area contributed by atoms with Gasteiger partial charge < -0.3 is 35.1 Å². The SMILES string of the molecule is COc1cccc(-c2cc(C(N)=O)ccc2OC)c1.COc1cccc2c1N(CC(=O)O)C(O)C=C2. The second kappa shape index (κ2) is 11.8. The number of amides is 1. The number of ether oxygens (including phenoxy) is 3. The first-order valence-electron chi connectivity index (χ1n) is 10.9. The summed E-state index contributed by atoms with van der Waals surface area (Å²) in [5.41, 5.74) is 8.89. The topological polar surface area (TPSA) is 132 Å². The van der Waals surface area contributed by atoms with Crippen LogP contribution in [0.2, 0.25) is 0 Å². The predicted molar refractivity (Wildman–Crippen MR) is 137 cm³/mol. The number of anilines is 1. The zero-order valence-electron chi connectivity index (χ0n) is 20.2. The first-order valence-corrected chi connectivity index (χ1v) is 10.9. The van der Waals surface area contributed by atoms with Gasteiger partial charge in [-0.15, -0.1) is 0 Å². The van der Waals surface area contributed by atoms with Gasteiger partial charge in [0.15, 0.2) is 0 Å². The number of hydrogen-bond acceptors (Lipinski definition) is 7. The molecule has 9 heteroatoms. The highest BCUT2D eigenvalue weighted by molar-refractivity contribution is 5.95. The molecule has 9 nitrogen and oxygen atoms in total. The van der Waals surface area contributed by atoms with Crippen molar-refractivity contribution in [1.82, 2.24) is 0 Å². The lowest BCUT2D eigenvalue weighted by atomic mass is 10.0. The highest BCUT2D eigenvalue weighted by Gasteiger charge is 2.25. The number of fused-ring (bicyclic) bond motifs is 1. The third kappa shape index (κ3) is 5.94. The van der Waals surface area contributed by atoms with Gasteiger partial charge in [-0.05, 0) is 48.0 Å². The minimum atomic E-state index is -1.00. The monoisotopic (exact) mass is 492 g/mol. The van der Waals surface area contributed by atoms with Crippen LogP contribution in [0.15, 0.2) is 66.7 Å². The average molecular weight is 493 g/mol. The molecule has 4 N–H and O–H groups in total. The van der Waals surface area contributed by atoms with E-state index in [0.29, 0.717) is 22.7 Å². The summed E-state index contributed by atoms with van der Waals surface area (Å²) >= 11 is 0. The van der Waals surface area contributed by atoms with Crippen molar-refractivity contribution in [2.24, 2.45) is 5.73 Å². The quantitative estimate of drug-likeness (QED) is 0.457. The number of primary amides is 1. The average Bonchev–Trinajstić information content (AvgIpc) is 2.89. The highest BCUT2D eigenvalue weighted by atomic mass is 16.5. The maximum atomic E-state index is 11.3. The number of aliphatic hydroxyl groups excluding tert-OH is 1. The van der Waals surface area contributed by atoms with Crippen LogP contribution in [0, 0.1) is 0 Å². The Hall–Kier alpha value is -4.50. The summed E-state index contributed by atoms with van der Waals surface area (Å²) in [4.78, 5) is 23.5. The Balaban J connectivity index is 0.000000202. The van der Waals surface area contributed by atoms with E-state index >= 15 is 0 Å². The number of nitrogens with zero attached hydrogens (tertiary/aromatic N) is 1. The number of benzene rings is 3. The zero-order valence-corrected chi connectivity index (χ0v) is 20.2. The molecule has 1 aliphatic rings. The molecule has 1 amide bonds. The maximum Gasteiger partial charge on any atom is 0.323 e. The fraction of sp³-hybridized carbons (Fsp3) is 0.185. The molecule has 1 unspecified atom stereocenters. The molecule has 3 aromatic carbocycles. The minimum Gasteiger partial charge on any atom is -0.497 e. The molecule has 0 bridgehead atoms. The summed E-state index contributed by atoms with van der Waals surface area (Å²) in [5, 5.41) is 18.7. The van der Waals surface area contributed by atoms with Crippen LogP contribution in [0.1, 0.15) is 15.9 Å². The second-order valence-corrected chi connectivity index (χ2v) is 7.70. The van der Waals surface area contributed by atoms with Gasteiger partial charge in [-0.3, -0.25) is 9.59 Å². The van der Waals surface area contributed by atoms with Crippen LogP contribution in [0.25, 0.3) is 17.2 Å². The van der Waals surface area contributed by atoms with E-state index in [1.54, 1.807) is 50.6 Å². The van der Waals surface area contributed by atoms with Crippen molar-refractivity contribution in [3.8, 4) is 28.4 Å². The van der Waals surface area contributed by atoms with Crippen LogP contribution in [0.4, 0.5) is 5.69 Å². The Bertz CT molecular complexity index is 1270. The van der Waals surface area contributed by atoms with Crippen LogP contribution >= 0.6 is 0 Å². The number of aliphatic hydroxyl groups is 1. The largest absolute Gasteiger partial charge is 0.497 e. The van der Waals surface area contributed by atoms with E-state index in [1.165, 1.54) is 12.0 Å². The molecular weight excluding hydrogens is 464 g/mol. The first-order chi connectivity index (χ1) is 17.3. The van der Waals surface area contributed by atoms with Gasteiger partial charge in [0.2, 0.25) is 5.91 Å². The molecule has 188 valence electrons. The van der Waals surface area contributed by atoms with E-state index in [9.17, 15) is 14.7 Å². The molecule has 1 aliphatic heterocycles. The summed E-state index contributed by atoms with van der Waals surface area (Å²) in [6, 6.07) is 18.0. The standard InChI is InChI=1S/C15H15NO3.C12H13NO4/c1-18-12-5-3-4-10(8-12)13-9-11(15(16)17)6-7-14(13)19-2;1-17-9-4-2-3-8-5-6-10(14)13(12(8)9)7-11(15)16/h3-9H,1-2H3,(H2,16,17);2-6,10,14H,7H2,1H3,(H,15,16). The van der Waals surface area contributed by atoms with Gasteiger partial charge >= 0.3 is 5.97 Å². The molecule has 0 saturated carbocycles. The number of hydrogen-bond donors (Lipinski definition) is 3. The van der Waals surface area contributed by atoms with Crippen molar-refractivity contribution in [2.75, 3.05) is 32.8 Å². The van der Waals surface area contributed by atoms with E-state index in [1.807, 2.05) is 36.4 Å². The molecule has 0 aromatic heterocycles. The van der Waals surface area contributed by atoms with Crippen LogP contribution in [-0.4, -0.2) is 56.2 Å². The molecule has 0 fully saturated rings. The van der Waals surface area contributed by atoms with Crippen molar-refractivity contribution in [1.29, 1.82) is 0 Å². The fourth-order valence-electron chi connectivity index (χ4n) is 3.77. The van der Waals surface area contributed by atoms with Crippen molar-refractivity contribution in [3.63, 3.8) is 0 Å². The predicted octanol–water partition coefficient (Wildman–Crippen LogP) is 3.40. The van der Waals surface area contributed by atoms with Gasteiger partial charge in [0, 0.05) is 16.7 Å². The number of carboxylic acid groups (broad SMARTS) is 1. The molecule has 0 radical (unpaired) electrons. The summed E-state index contributed by atoms with van der Waals surface area (Å²) < 4.78 is 15.7. The van der Waals surface area contributed by atoms with Crippen molar-refractivity contribution in [3.05, 3.63) is 77.9 Å². The summed E-state index contributed by atoms with van der Waals surface area (Å²) in [6.45, 7) is -0.279. The van der Waals surface area contributed by atoms with Gasteiger partial charge in [0.1, 0.15) is 30.0 Å². The lowest BCUT2D eigenvalue weighted by Crippen LogP contribution is -2.40. The van der Waals surface area contributed by atoms with Crippen molar-refractivity contribution in [2.45, 2.75) is 6.23 Å². The third-order valence-corrected chi connectivity index (χ3v) is 5.47. The molecule has 36 heavy (non-hydrogen) atoms. The Kier molecular flexibility index (Phi) is 8.53. The molecule has 0 aliphatic carbocycles. The number of nitrogens with two attached hydrogens (primary N) is 1. The fourth-order valence-corrected chi connectivity index (χ4v) is 3.77.